The van der Waals surface area contributed by atoms with Crippen LogP contribution < -0.4 is 21.1 Å². The molecule has 7 heteroatoms. The summed E-state index contributed by atoms with van der Waals surface area (Å²) >= 11 is 0. The first-order valence-electron chi connectivity index (χ1n) is 11.9. The number of rotatable bonds is 23. The van der Waals surface area contributed by atoms with E-state index in [-0.39, 0.29) is 5.75 Å². The van der Waals surface area contributed by atoms with Crippen LogP contribution in [0, 0.1) is 0 Å². The molecular weight excluding hydrogens is 384 g/mol. The lowest BCUT2D eigenvalue weighted by Crippen LogP contribution is -2.29. The summed E-state index contributed by atoms with van der Waals surface area (Å²) in [5.41, 5.74) is 5.43. The van der Waals surface area contributed by atoms with E-state index >= 15 is 0 Å². The van der Waals surface area contributed by atoms with Crippen molar-refractivity contribution in [2.24, 2.45) is 5.73 Å². The van der Waals surface area contributed by atoms with Gasteiger partial charge in [-0.05, 0) is 38.9 Å². The van der Waals surface area contributed by atoms with Crippen LogP contribution >= 0.6 is 0 Å². The van der Waals surface area contributed by atoms with Gasteiger partial charge in [-0.2, -0.15) is 0 Å². The molecule has 0 aliphatic heterocycles. The Morgan fingerprint density at radius 2 is 1.21 bits per heavy atom. The van der Waals surface area contributed by atoms with Crippen LogP contribution in [0.25, 0.3) is 0 Å². The average molecular weight is 433 g/mol. The van der Waals surface area contributed by atoms with Crippen molar-refractivity contribution in [1.29, 1.82) is 0 Å². The minimum absolute atomic E-state index is 0.261. The van der Waals surface area contributed by atoms with E-state index in [4.69, 9.17) is 5.73 Å². The van der Waals surface area contributed by atoms with Gasteiger partial charge in [0, 0.05) is 19.6 Å². The first-order valence-corrected chi connectivity index (χ1v) is 13.5. The van der Waals surface area contributed by atoms with E-state index in [0.717, 1.165) is 64.8 Å². The second kappa shape index (κ2) is 22.2. The van der Waals surface area contributed by atoms with E-state index < -0.39 is 10.0 Å². The summed E-state index contributed by atoms with van der Waals surface area (Å²) in [4.78, 5) is 0. The van der Waals surface area contributed by atoms with E-state index in [1.807, 2.05) is 0 Å². The molecule has 0 aromatic carbocycles. The van der Waals surface area contributed by atoms with Crippen LogP contribution in [0.5, 0.6) is 0 Å². The standard InChI is InChI=1S/C22H48N4O2S/c1-2-3-4-5-6-7-8-9-10-13-22-29(27,28)26-21-15-20-25-18-12-11-17-24-19-14-16-23/h11-12,24-26H,2-10,13-23H2,1H3. The molecule has 0 aliphatic carbocycles. The SMILES string of the molecule is CCCCCCCCCCCCS(=O)(=O)NCCCNCC=CCNCCCN. The van der Waals surface area contributed by atoms with Gasteiger partial charge >= 0.3 is 0 Å². The molecule has 0 aromatic heterocycles. The molecule has 0 atom stereocenters. The van der Waals surface area contributed by atoms with Gasteiger partial charge in [-0.25, -0.2) is 13.1 Å². The molecule has 0 unspecified atom stereocenters. The number of nitrogens with two attached hydrogens (primary N) is 1. The fourth-order valence-electron chi connectivity index (χ4n) is 3.06. The number of nitrogens with one attached hydrogen (secondary N) is 3. The zero-order valence-electron chi connectivity index (χ0n) is 18.9. The Morgan fingerprint density at radius 1 is 0.690 bits per heavy atom. The molecule has 0 saturated heterocycles. The highest BCUT2D eigenvalue weighted by Crippen LogP contribution is 2.10. The third kappa shape index (κ3) is 23.7. The van der Waals surface area contributed by atoms with Gasteiger partial charge in [0.25, 0.3) is 0 Å². The summed E-state index contributed by atoms with van der Waals surface area (Å²) in [6.07, 6.45) is 18.2. The van der Waals surface area contributed by atoms with E-state index in [1.54, 1.807) is 0 Å². The molecule has 0 amide bonds. The highest BCUT2D eigenvalue weighted by molar-refractivity contribution is 7.89. The van der Waals surface area contributed by atoms with Crippen LogP contribution in [-0.2, 0) is 10.0 Å². The molecule has 0 fully saturated rings. The number of hydrogen-bond acceptors (Lipinski definition) is 5. The van der Waals surface area contributed by atoms with Crippen molar-refractivity contribution in [2.75, 3.05) is 45.0 Å². The van der Waals surface area contributed by atoms with Crippen LogP contribution in [0.15, 0.2) is 12.2 Å². The minimum atomic E-state index is -3.11. The van der Waals surface area contributed by atoms with Crippen molar-refractivity contribution in [1.82, 2.24) is 15.4 Å². The van der Waals surface area contributed by atoms with Crippen molar-refractivity contribution >= 4 is 10.0 Å². The minimum Gasteiger partial charge on any atom is -0.330 e. The van der Waals surface area contributed by atoms with Crippen molar-refractivity contribution in [3.05, 3.63) is 12.2 Å². The van der Waals surface area contributed by atoms with Crippen LogP contribution in [0.1, 0.15) is 84.0 Å². The Morgan fingerprint density at radius 3 is 1.76 bits per heavy atom. The van der Waals surface area contributed by atoms with Gasteiger partial charge in [-0.1, -0.05) is 76.9 Å². The van der Waals surface area contributed by atoms with Crippen molar-refractivity contribution < 1.29 is 8.42 Å². The number of sulfonamides is 1. The lowest BCUT2D eigenvalue weighted by molar-refractivity contribution is 0.553. The number of hydrogen-bond donors (Lipinski definition) is 4. The predicted molar refractivity (Wildman–Crippen MR) is 127 cm³/mol. The molecular formula is C22H48N4O2S. The normalized spacial score (nSPS) is 12.2. The monoisotopic (exact) mass is 432 g/mol. The predicted octanol–water partition coefficient (Wildman–Crippen LogP) is 3.30. The Kier molecular flexibility index (Phi) is 21.9. The van der Waals surface area contributed by atoms with Crippen LogP contribution in [0.2, 0.25) is 0 Å². The largest absolute Gasteiger partial charge is 0.330 e. The molecule has 0 aromatic rings. The fraction of sp³-hybridized carbons (Fsp3) is 0.909. The molecule has 0 spiro atoms. The molecule has 0 bridgehead atoms. The van der Waals surface area contributed by atoms with Gasteiger partial charge in [-0.15, -0.1) is 0 Å². The summed E-state index contributed by atoms with van der Waals surface area (Å²) in [6, 6.07) is 0. The lowest BCUT2D eigenvalue weighted by atomic mass is 10.1. The van der Waals surface area contributed by atoms with Crippen LogP contribution in [-0.4, -0.2) is 53.4 Å². The molecule has 6 nitrogen and oxygen atoms in total. The Hall–Kier alpha value is -0.470. The summed E-state index contributed by atoms with van der Waals surface area (Å²) in [5.74, 6) is 0.261. The molecule has 0 heterocycles. The zero-order chi connectivity index (χ0) is 21.5. The lowest BCUT2D eigenvalue weighted by Gasteiger charge is -2.07. The quantitative estimate of drug-likeness (QED) is 0.147. The Balaban J connectivity index is 3.39. The molecule has 29 heavy (non-hydrogen) atoms. The van der Waals surface area contributed by atoms with Crippen molar-refractivity contribution in [3.8, 4) is 0 Å². The van der Waals surface area contributed by atoms with E-state index in [0.29, 0.717) is 6.54 Å². The second-order valence-corrected chi connectivity index (χ2v) is 9.70. The third-order valence-electron chi connectivity index (χ3n) is 4.87. The molecule has 5 N–H and O–H groups in total. The van der Waals surface area contributed by atoms with E-state index in [9.17, 15) is 8.42 Å². The maximum Gasteiger partial charge on any atom is 0.211 e. The molecule has 0 saturated carbocycles. The maximum atomic E-state index is 12.0. The zero-order valence-corrected chi connectivity index (χ0v) is 19.7. The second-order valence-electron chi connectivity index (χ2n) is 7.77. The summed E-state index contributed by atoms with van der Waals surface area (Å²) in [6.45, 7) is 6.91. The Labute approximate surface area is 180 Å². The molecule has 0 radical (unpaired) electrons. The first kappa shape index (κ1) is 28.5. The van der Waals surface area contributed by atoms with Crippen LogP contribution in [0.4, 0.5) is 0 Å². The smallest absolute Gasteiger partial charge is 0.211 e. The summed E-state index contributed by atoms with van der Waals surface area (Å²) in [7, 11) is -3.11. The Bertz CT molecular complexity index is 456. The maximum absolute atomic E-state index is 12.0. The average Bonchev–Trinajstić information content (AvgIpc) is 2.70. The fourth-order valence-corrected chi connectivity index (χ4v) is 4.24. The van der Waals surface area contributed by atoms with Crippen molar-refractivity contribution in [3.63, 3.8) is 0 Å². The van der Waals surface area contributed by atoms with Gasteiger partial charge in [0.05, 0.1) is 5.75 Å². The number of unbranched alkanes of at least 4 members (excludes halogenated alkanes) is 9. The molecule has 0 rings (SSSR count). The van der Waals surface area contributed by atoms with Crippen LogP contribution in [0.3, 0.4) is 0 Å². The van der Waals surface area contributed by atoms with Crippen molar-refractivity contribution in [2.45, 2.75) is 84.0 Å². The highest BCUT2D eigenvalue weighted by Gasteiger charge is 2.08. The van der Waals surface area contributed by atoms with Gasteiger partial charge in [0.1, 0.15) is 0 Å². The summed E-state index contributed by atoms with van der Waals surface area (Å²) < 4.78 is 26.7. The van der Waals surface area contributed by atoms with E-state index in [2.05, 4.69) is 34.4 Å². The topological polar surface area (TPSA) is 96.2 Å². The molecule has 174 valence electrons. The van der Waals surface area contributed by atoms with Gasteiger partial charge in [0.15, 0.2) is 0 Å². The highest BCUT2D eigenvalue weighted by atomic mass is 32.2. The van der Waals surface area contributed by atoms with Gasteiger partial charge in [0.2, 0.25) is 10.0 Å². The molecule has 0 aliphatic rings. The summed E-state index contributed by atoms with van der Waals surface area (Å²) in [5, 5.41) is 6.57. The van der Waals surface area contributed by atoms with E-state index in [1.165, 1.54) is 44.9 Å². The third-order valence-corrected chi connectivity index (χ3v) is 6.34. The van der Waals surface area contributed by atoms with Gasteiger partial charge in [-0.3, -0.25) is 0 Å². The first-order chi connectivity index (χ1) is 14.1. The van der Waals surface area contributed by atoms with Gasteiger partial charge < -0.3 is 16.4 Å².